The largest absolute Gasteiger partial charge is 0.376 e. The van der Waals surface area contributed by atoms with Gasteiger partial charge in [-0.15, -0.1) is 0 Å². The number of carbonyl (C=O) groups is 2. The van der Waals surface area contributed by atoms with Crippen LogP contribution in [-0.4, -0.2) is 35.9 Å². The maximum atomic E-state index is 12.9. The molecule has 2 aliphatic rings. The zero-order valence-corrected chi connectivity index (χ0v) is 14.9. The van der Waals surface area contributed by atoms with E-state index in [-0.39, 0.29) is 17.7 Å². The summed E-state index contributed by atoms with van der Waals surface area (Å²) in [7, 11) is 0. The van der Waals surface area contributed by atoms with Crippen molar-refractivity contribution in [1.29, 1.82) is 0 Å². The van der Waals surface area contributed by atoms with E-state index in [9.17, 15) is 9.59 Å². The van der Waals surface area contributed by atoms with Crippen LogP contribution in [0.1, 0.15) is 44.7 Å². The van der Waals surface area contributed by atoms with E-state index in [4.69, 9.17) is 17.0 Å². The molecule has 6 heteroatoms. The first-order chi connectivity index (χ1) is 12.6. The van der Waals surface area contributed by atoms with Crippen LogP contribution in [0.3, 0.4) is 0 Å². The lowest BCUT2D eigenvalue weighted by Crippen LogP contribution is -2.35. The minimum absolute atomic E-state index is 0.142. The van der Waals surface area contributed by atoms with E-state index in [2.05, 4.69) is 10.6 Å². The van der Waals surface area contributed by atoms with Gasteiger partial charge in [0.05, 0.1) is 17.4 Å². The molecule has 1 fully saturated rings. The Hall–Kier alpha value is -2.57. The van der Waals surface area contributed by atoms with Crippen LogP contribution in [0.25, 0.3) is 0 Å². The quantitative estimate of drug-likeness (QED) is 0.695. The van der Waals surface area contributed by atoms with Crippen molar-refractivity contribution in [3.05, 3.63) is 64.7 Å². The Morgan fingerprint density at radius 1 is 1.04 bits per heavy atom. The predicted molar refractivity (Wildman–Crippen MR) is 103 cm³/mol. The maximum Gasteiger partial charge on any atom is 0.196 e. The molecule has 0 radical (unpaired) electrons. The van der Waals surface area contributed by atoms with E-state index < -0.39 is 0 Å². The summed E-state index contributed by atoms with van der Waals surface area (Å²) in [5, 5.41) is 6.60. The van der Waals surface area contributed by atoms with Crippen LogP contribution in [0.2, 0.25) is 0 Å². The first kappa shape index (κ1) is 16.9. The molecule has 1 aliphatic heterocycles. The average Bonchev–Trinajstić information content (AvgIpc) is 3.18. The van der Waals surface area contributed by atoms with E-state index in [1.54, 1.807) is 42.5 Å². The average molecular weight is 366 g/mol. The number of thiocarbonyl (C=S) groups is 1. The van der Waals surface area contributed by atoms with Gasteiger partial charge in [-0.05, 0) is 31.1 Å². The van der Waals surface area contributed by atoms with E-state index in [1.807, 2.05) is 0 Å². The Balaban J connectivity index is 1.58. The first-order valence-electron chi connectivity index (χ1n) is 8.63. The molecule has 0 spiro atoms. The van der Waals surface area contributed by atoms with Gasteiger partial charge in [0.2, 0.25) is 0 Å². The topological polar surface area (TPSA) is 67.4 Å². The Bertz CT molecular complexity index is 904. The highest BCUT2D eigenvalue weighted by atomic mass is 32.1. The van der Waals surface area contributed by atoms with Crippen LogP contribution >= 0.6 is 12.2 Å². The minimum atomic E-state index is -0.166. The lowest BCUT2D eigenvalue weighted by atomic mass is 9.83. The smallest absolute Gasteiger partial charge is 0.196 e. The first-order valence-corrected chi connectivity index (χ1v) is 9.04. The molecule has 26 heavy (non-hydrogen) atoms. The van der Waals surface area contributed by atoms with Gasteiger partial charge in [-0.1, -0.05) is 36.4 Å². The highest BCUT2D eigenvalue weighted by Crippen LogP contribution is 2.31. The number of carbonyl (C=O) groups excluding carboxylic acids is 2. The number of anilines is 1. The molecular formula is C20H18N2O3S. The van der Waals surface area contributed by atoms with Gasteiger partial charge in [0.1, 0.15) is 0 Å². The van der Waals surface area contributed by atoms with Crippen molar-refractivity contribution in [3.8, 4) is 0 Å². The van der Waals surface area contributed by atoms with Crippen molar-refractivity contribution in [2.24, 2.45) is 0 Å². The number of ether oxygens (including phenoxy) is 1. The van der Waals surface area contributed by atoms with Crippen molar-refractivity contribution < 1.29 is 14.3 Å². The number of benzene rings is 2. The van der Waals surface area contributed by atoms with Gasteiger partial charge in [-0.3, -0.25) is 9.59 Å². The Morgan fingerprint density at radius 2 is 1.77 bits per heavy atom. The van der Waals surface area contributed by atoms with Gasteiger partial charge in [0.15, 0.2) is 16.7 Å². The van der Waals surface area contributed by atoms with E-state index in [0.717, 1.165) is 19.4 Å². The summed E-state index contributed by atoms with van der Waals surface area (Å²) >= 11 is 5.35. The molecule has 0 bridgehead atoms. The summed E-state index contributed by atoms with van der Waals surface area (Å²) in [6, 6.07) is 12.1. The zero-order chi connectivity index (χ0) is 18.1. The molecule has 2 aromatic rings. The van der Waals surface area contributed by atoms with E-state index in [1.165, 1.54) is 0 Å². The molecule has 5 nitrogen and oxygen atoms in total. The molecule has 1 heterocycles. The standard InChI is InChI=1S/C20H18N2O3S/c23-18-13-6-1-2-7-14(13)19(24)17-15(18)8-3-9-16(17)22-20(26)21-11-12-5-4-10-25-12/h1-3,6-9,12H,4-5,10-11H2,(H2,21,22,26). The molecule has 4 rings (SSSR count). The number of hydrogen-bond acceptors (Lipinski definition) is 4. The third-order valence-electron chi connectivity index (χ3n) is 4.71. The fourth-order valence-electron chi connectivity index (χ4n) is 3.43. The van der Waals surface area contributed by atoms with Crippen LogP contribution < -0.4 is 10.6 Å². The second-order valence-corrected chi connectivity index (χ2v) is 6.81. The Kier molecular flexibility index (Phi) is 4.53. The Morgan fingerprint density at radius 3 is 2.50 bits per heavy atom. The van der Waals surface area contributed by atoms with Gasteiger partial charge in [0.25, 0.3) is 0 Å². The molecule has 0 aromatic heterocycles. The van der Waals surface area contributed by atoms with Gasteiger partial charge in [-0.2, -0.15) is 0 Å². The number of hydrogen-bond donors (Lipinski definition) is 2. The van der Waals surface area contributed by atoms with Gasteiger partial charge in [0, 0.05) is 29.8 Å². The summed E-state index contributed by atoms with van der Waals surface area (Å²) < 4.78 is 5.57. The minimum Gasteiger partial charge on any atom is -0.376 e. The number of fused-ring (bicyclic) bond motifs is 2. The third-order valence-corrected chi connectivity index (χ3v) is 4.96. The van der Waals surface area contributed by atoms with Crippen molar-refractivity contribution in [2.75, 3.05) is 18.5 Å². The zero-order valence-electron chi connectivity index (χ0n) is 14.1. The molecule has 0 amide bonds. The molecule has 2 aromatic carbocycles. The molecule has 132 valence electrons. The lowest BCUT2D eigenvalue weighted by molar-refractivity contribution is 0.0979. The van der Waals surface area contributed by atoms with Crippen LogP contribution in [-0.2, 0) is 4.74 Å². The summed E-state index contributed by atoms with van der Waals surface area (Å²) in [6.07, 6.45) is 2.24. The fraction of sp³-hybridized carbons (Fsp3) is 0.250. The highest BCUT2D eigenvalue weighted by Gasteiger charge is 2.31. The van der Waals surface area contributed by atoms with Crippen molar-refractivity contribution >= 4 is 34.6 Å². The molecule has 1 aliphatic carbocycles. The lowest BCUT2D eigenvalue weighted by Gasteiger charge is -2.21. The highest BCUT2D eigenvalue weighted by molar-refractivity contribution is 7.80. The Labute approximate surface area is 156 Å². The van der Waals surface area contributed by atoms with Crippen molar-refractivity contribution in [1.82, 2.24) is 5.32 Å². The summed E-state index contributed by atoms with van der Waals surface area (Å²) in [4.78, 5) is 25.7. The van der Waals surface area contributed by atoms with Crippen molar-refractivity contribution in [3.63, 3.8) is 0 Å². The monoisotopic (exact) mass is 366 g/mol. The van der Waals surface area contributed by atoms with Crippen LogP contribution in [0.5, 0.6) is 0 Å². The van der Waals surface area contributed by atoms with Gasteiger partial charge < -0.3 is 15.4 Å². The predicted octanol–water partition coefficient (Wildman–Crippen LogP) is 2.93. The maximum absolute atomic E-state index is 12.9. The number of nitrogens with one attached hydrogen (secondary N) is 2. The van der Waals surface area contributed by atoms with Crippen LogP contribution in [0.15, 0.2) is 42.5 Å². The van der Waals surface area contributed by atoms with Crippen molar-refractivity contribution in [2.45, 2.75) is 18.9 Å². The summed E-state index contributed by atoms with van der Waals surface area (Å²) in [5.74, 6) is -0.308. The molecule has 2 N–H and O–H groups in total. The van der Waals surface area contributed by atoms with Gasteiger partial charge in [-0.25, -0.2) is 0 Å². The summed E-state index contributed by atoms with van der Waals surface area (Å²) in [5.41, 5.74) is 2.19. The number of rotatable bonds is 3. The van der Waals surface area contributed by atoms with E-state index in [0.29, 0.717) is 39.6 Å². The van der Waals surface area contributed by atoms with Gasteiger partial charge >= 0.3 is 0 Å². The molecule has 1 saturated heterocycles. The molecular weight excluding hydrogens is 348 g/mol. The molecule has 1 atom stereocenters. The van der Waals surface area contributed by atoms with Crippen LogP contribution in [0, 0.1) is 0 Å². The molecule has 0 saturated carbocycles. The SMILES string of the molecule is O=C1c2ccccc2C(=O)c2c(NC(=S)NCC3CCCO3)cccc21. The normalized spacial score (nSPS) is 18.2. The third kappa shape index (κ3) is 3.02. The molecule has 1 unspecified atom stereocenters. The second kappa shape index (κ2) is 6.97. The number of ketones is 2. The fourth-order valence-corrected chi connectivity index (χ4v) is 3.62. The summed E-state index contributed by atoms with van der Waals surface area (Å²) in [6.45, 7) is 1.41. The van der Waals surface area contributed by atoms with E-state index >= 15 is 0 Å². The van der Waals surface area contributed by atoms with Crippen LogP contribution in [0.4, 0.5) is 5.69 Å². The second-order valence-electron chi connectivity index (χ2n) is 6.40.